The van der Waals surface area contributed by atoms with Gasteiger partial charge in [0.25, 0.3) is 5.91 Å². The first-order valence-corrected chi connectivity index (χ1v) is 14.4. The number of halogens is 1. The van der Waals surface area contributed by atoms with Gasteiger partial charge >= 0.3 is 0 Å². The number of carbonyl (C=O) groups excluding carboxylic acids is 3. The summed E-state index contributed by atoms with van der Waals surface area (Å²) >= 11 is 0. The molecule has 0 saturated carbocycles. The van der Waals surface area contributed by atoms with E-state index >= 15 is 4.39 Å². The maximum absolute atomic E-state index is 15.4. The lowest BCUT2D eigenvalue weighted by Gasteiger charge is -2.47. The fourth-order valence-electron chi connectivity index (χ4n) is 6.83. The van der Waals surface area contributed by atoms with Crippen molar-refractivity contribution in [1.29, 1.82) is 0 Å². The maximum atomic E-state index is 15.4. The average Bonchev–Trinajstić information content (AvgIpc) is 3.28. The number of hydrogen-bond donors (Lipinski definition) is 1. The lowest BCUT2D eigenvalue weighted by atomic mass is 9.94. The van der Waals surface area contributed by atoms with Crippen molar-refractivity contribution in [3.63, 3.8) is 0 Å². The summed E-state index contributed by atoms with van der Waals surface area (Å²) in [6, 6.07) is 24.4. The Hall–Kier alpha value is -3.88. The van der Waals surface area contributed by atoms with Crippen LogP contribution in [0, 0.1) is 5.82 Å². The van der Waals surface area contributed by atoms with Gasteiger partial charge in [-0.05, 0) is 48.6 Å². The third-order valence-electron chi connectivity index (χ3n) is 8.72. The zero-order valence-corrected chi connectivity index (χ0v) is 23.4. The summed E-state index contributed by atoms with van der Waals surface area (Å²) in [4.78, 5) is 43.4. The van der Waals surface area contributed by atoms with Crippen LogP contribution in [0.1, 0.15) is 65.3 Å². The van der Waals surface area contributed by atoms with Gasteiger partial charge in [-0.3, -0.25) is 29.5 Å². The number of benzene rings is 3. The number of piperidine rings is 1. The van der Waals surface area contributed by atoms with Crippen molar-refractivity contribution in [2.24, 2.45) is 0 Å². The van der Waals surface area contributed by atoms with Gasteiger partial charge in [0.2, 0.25) is 11.8 Å². The van der Waals surface area contributed by atoms with E-state index in [2.05, 4.69) is 77.5 Å². The molecular formula is C33H35FN4O3. The van der Waals surface area contributed by atoms with Crippen molar-refractivity contribution < 1.29 is 18.8 Å². The SMILES string of the molecule is CC1CN(C(c2ccccc2)c2ccccc2)CC(C)N1Cc1cc(F)c2c(c1)CN(C1CCC(=O)NC1=O)C2=O. The van der Waals surface area contributed by atoms with Gasteiger partial charge in [-0.1, -0.05) is 66.7 Å². The molecule has 212 valence electrons. The van der Waals surface area contributed by atoms with Crippen LogP contribution in [-0.2, 0) is 22.7 Å². The van der Waals surface area contributed by atoms with Crippen molar-refractivity contribution >= 4 is 17.7 Å². The van der Waals surface area contributed by atoms with Crippen LogP contribution in [0.4, 0.5) is 4.39 Å². The van der Waals surface area contributed by atoms with Crippen LogP contribution < -0.4 is 5.32 Å². The van der Waals surface area contributed by atoms with Gasteiger partial charge in [-0.25, -0.2) is 4.39 Å². The summed E-state index contributed by atoms with van der Waals surface area (Å²) in [5, 5.41) is 2.30. The van der Waals surface area contributed by atoms with Crippen LogP contribution in [0.3, 0.4) is 0 Å². The third kappa shape index (κ3) is 5.29. The molecule has 3 atom stereocenters. The lowest BCUT2D eigenvalue weighted by molar-refractivity contribution is -0.136. The number of carbonyl (C=O) groups is 3. The number of hydrogen-bond acceptors (Lipinski definition) is 5. The zero-order valence-electron chi connectivity index (χ0n) is 23.4. The summed E-state index contributed by atoms with van der Waals surface area (Å²) in [7, 11) is 0. The van der Waals surface area contributed by atoms with Gasteiger partial charge in [0, 0.05) is 44.7 Å². The molecule has 0 aromatic heterocycles. The Morgan fingerprint density at radius 2 is 1.51 bits per heavy atom. The Morgan fingerprint density at radius 3 is 2.10 bits per heavy atom. The van der Waals surface area contributed by atoms with Crippen LogP contribution in [0.5, 0.6) is 0 Å². The molecule has 2 fully saturated rings. The molecule has 7 nitrogen and oxygen atoms in total. The summed E-state index contributed by atoms with van der Waals surface area (Å²) in [6.07, 6.45) is 0.423. The summed E-state index contributed by atoms with van der Waals surface area (Å²) < 4.78 is 15.4. The predicted molar refractivity (Wildman–Crippen MR) is 153 cm³/mol. The fraction of sp³-hybridized carbons (Fsp3) is 0.364. The molecule has 0 spiro atoms. The molecule has 41 heavy (non-hydrogen) atoms. The number of fused-ring (bicyclic) bond motifs is 1. The molecule has 0 bridgehead atoms. The minimum Gasteiger partial charge on any atom is -0.322 e. The van der Waals surface area contributed by atoms with E-state index in [0.717, 1.165) is 18.7 Å². The Kier molecular flexibility index (Phi) is 7.45. The second-order valence-electron chi connectivity index (χ2n) is 11.6. The first-order chi connectivity index (χ1) is 19.8. The van der Waals surface area contributed by atoms with E-state index in [1.165, 1.54) is 22.1 Å². The molecular weight excluding hydrogens is 519 g/mol. The van der Waals surface area contributed by atoms with Gasteiger partial charge in [0.15, 0.2) is 0 Å². The van der Waals surface area contributed by atoms with E-state index in [1.807, 2.05) is 18.2 Å². The summed E-state index contributed by atoms with van der Waals surface area (Å²) in [5.41, 5.74) is 3.98. The molecule has 2 saturated heterocycles. The first-order valence-electron chi connectivity index (χ1n) is 14.4. The minimum absolute atomic E-state index is 0.0398. The van der Waals surface area contributed by atoms with Crippen molar-refractivity contribution in [2.45, 2.75) is 63.9 Å². The van der Waals surface area contributed by atoms with Crippen molar-refractivity contribution in [3.05, 3.63) is 106 Å². The quantitative estimate of drug-likeness (QED) is 0.461. The summed E-state index contributed by atoms with van der Waals surface area (Å²) in [5.74, 6) is -1.87. The monoisotopic (exact) mass is 554 g/mol. The van der Waals surface area contributed by atoms with E-state index in [9.17, 15) is 14.4 Å². The maximum Gasteiger partial charge on any atom is 0.258 e. The van der Waals surface area contributed by atoms with Crippen molar-refractivity contribution in [1.82, 2.24) is 20.0 Å². The van der Waals surface area contributed by atoms with Crippen LogP contribution in [0.25, 0.3) is 0 Å². The average molecular weight is 555 g/mol. The molecule has 8 heteroatoms. The number of imide groups is 1. The van der Waals surface area contributed by atoms with E-state index in [4.69, 9.17) is 0 Å². The van der Waals surface area contributed by atoms with Crippen LogP contribution in [0.2, 0.25) is 0 Å². The molecule has 3 aromatic rings. The summed E-state index contributed by atoms with van der Waals surface area (Å²) in [6.45, 7) is 6.87. The number of nitrogens with zero attached hydrogens (tertiary/aromatic N) is 3. The lowest BCUT2D eigenvalue weighted by Crippen LogP contribution is -2.56. The second-order valence-corrected chi connectivity index (χ2v) is 11.6. The highest BCUT2D eigenvalue weighted by Gasteiger charge is 2.41. The van der Waals surface area contributed by atoms with Gasteiger partial charge < -0.3 is 4.90 Å². The van der Waals surface area contributed by atoms with Crippen LogP contribution >= 0.6 is 0 Å². The number of amides is 3. The second kappa shape index (κ2) is 11.2. The first kappa shape index (κ1) is 27.3. The Labute approximate surface area is 239 Å². The van der Waals surface area contributed by atoms with Crippen LogP contribution in [-0.4, -0.2) is 63.6 Å². The van der Waals surface area contributed by atoms with Gasteiger partial charge in [0.05, 0.1) is 11.6 Å². The fourth-order valence-corrected chi connectivity index (χ4v) is 6.83. The molecule has 3 unspecified atom stereocenters. The highest BCUT2D eigenvalue weighted by molar-refractivity contribution is 6.05. The third-order valence-corrected chi connectivity index (χ3v) is 8.72. The van der Waals surface area contributed by atoms with E-state index in [-0.39, 0.29) is 49.0 Å². The van der Waals surface area contributed by atoms with Gasteiger partial charge in [0.1, 0.15) is 11.9 Å². The van der Waals surface area contributed by atoms with Crippen LogP contribution in [0.15, 0.2) is 72.8 Å². The Balaban J connectivity index is 1.19. The molecule has 3 heterocycles. The molecule has 1 N–H and O–H groups in total. The predicted octanol–water partition coefficient (Wildman–Crippen LogP) is 4.27. The van der Waals surface area contributed by atoms with Gasteiger partial charge in [-0.2, -0.15) is 0 Å². The molecule has 6 rings (SSSR count). The highest BCUT2D eigenvalue weighted by Crippen LogP contribution is 2.34. The smallest absolute Gasteiger partial charge is 0.258 e. The normalized spacial score (nSPS) is 23.7. The van der Waals surface area contributed by atoms with E-state index < -0.39 is 23.7 Å². The molecule has 0 radical (unpaired) electrons. The zero-order chi connectivity index (χ0) is 28.7. The van der Waals surface area contributed by atoms with Crippen molar-refractivity contribution in [3.8, 4) is 0 Å². The molecule has 3 aliphatic rings. The van der Waals surface area contributed by atoms with E-state index in [1.54, 1.807) is 0 Å². The largest absolute Gasteiger partial charge is 0.322 e. The Bertz CT molecular complexity index is 1410. The molecule has 3 aromatic carbocycles. The molecule has 3 amide bonds. The number of rotatable bonds is 6. The van der Waals surface area contributed by atoms with Crippen molar-refractivity contribution in [2.75, 3.05) is 13.1 Å². The topological polar surface area (TPSA) is 73.0 Å². The number of nitrogens with one attached hydrogen (secondary N) is 1. The van der Waals surface area contributed by atoms with Gasteiger partial charge in [-0.15, -0.1) is 0 Å². The standard InChI is InChI=1S/C33H35FN4O3/c1-21-17-36(31(24-9-5-3-6-10-24)25-11-7-4-8-12-25)18-22(2)37(21)19-23-15-26-20-38(33(41)30(26)27(34)16-23)28-13-14-29(39)35-32(28)40/h3-12,15-16,21-22,28,31H,13-14,17-20H2,1-2H3,(H,35,39,40). The highest BCUT2D eigenvalue weighted by atomic mass is 19.1. The minimum atomic E-state index is -0.759. The molecule has 0 aliphatic carbocycles. The number of piperazine rings is 1. The molecule has 3 aliphatic heterocycles. The Morgan fingerprint density at radius 1 is 0.902 bits per heavy atom. The van der Waals surface area contributed by atoms with E-state index in [0.29, 0.717) is 12.1 Å².